The van der Waals surface area contributed by atoms with Crippen LogP contribution in [-0.2, 0) is 17.9 Å². The molecule has 0 radical (unpaired) electrons. The molecule has 1 N–H and O–H groups in total. The number of rotatable bonds is 6. The summed E-state index contributed by atoms with van der Waals surface area (Å²) in [6, 6.07) is 6.88. The van der Waals surface area contributed by atoms with Crippen LogP contribution in [0.3, 0.4) is 0 Å². The van der Waals surface area contributed by atoms with Gasteiger partial charge < -0.3 is 19.5 Å². The third kappa shape index (κ3) is 5.83. The van der Waals surface area contributed by atoms with Crippen molar-refractivity contribution >= 4 is 22.8 Å². The Morgan fingerprint density at radius 2 is 1.67 bits per heavy atom. The number of hydrogen-bond acceptors (Lipinski definition) is 10. The van der Waals surface area contributed by atoms with Gasteiger partial charge in [-0.2, -0.15) is 0 Å². The second-order valence-corrected chi connectivity index (χ2v) is 11.6. The third-order valence-corrected chi connectivity index (χ3v) is 8.57. The molecule has 3 aliphatic heterocycles. The van der Waals surface area contributed by atoms with Gasteiger partial charge in [0.1, 0.15) is 29.5 Å². The van der Waals surface area contributed by atoms with Gasteiger partial charge in [-0.3, -0.25) is 4.90 Å². The van der Waals surface area contributed by atoms with Gasteiger partial charge in [0.15, 0.2) is 11.6 Å². The highest BCUT2D eigenvalue weighted by atomic mass is 19.1. The maximum Gasteiger partial charge on any atom is 0.229 e. The number of pyridine rings is 1. The van der Waals surface area contributed by atoms with E-state index in [1.165, 1.54) is 6.07 Å². The topological polar surface area (TPSA) is 90.7 Å². The standard InChI is InChI=1S/C30H36F2N10O/c1-20-18-43-19-27-36-29-23(31)13-22(14-25(29)42(20)27)28-24(32)16-34-30(37-28)35-26-4-3-21(15-33-26)17-39-7-11-41(12-8-39)40-9-5-38(2)6-10-40/h3-4,13-16,20H,5-12,17-19H2,1-2H3,(H,33,34,35,37). The highest BCUT2D eigenvalue weighted by Gasteiger charge is 2.26. The molecule has 0 spiro atoms. The van der Waals surface area contributed by atoms with Gasteiger partial charge in [-0.15, -0.1) is 0 Å². The Morgan fingerprint density at radius 1 is 0.907 bits per heavy atom. The predicted octanol–water partition coefficient (Wildman–Crippen LogP) is 3.28. The highest BCUT2D eigenvalue weighted by molar-refractivity contribution is 5.83. The van der Waals surface area contributed by atoms with Gasteiger partial charge in [-0.1, -0.05) is 6.07 Å². The van der Waals surface area contributed by atoms with Crippen molar-refractivity contribution in [2.24, 2.45) is 0 Å². The molecule has 3 aliphatic rings. The smallest absolute Gasteiger partial charge is 0.229 e. The first kappa shape index (κ1) is 28.2. The van der Waals surface area contributed by atoms with Crippen LogP contribution in [-0.4, -0.2) is 110 Å². The number of benzene rings is 1. The normalized spacial score (nSPS) is 20.9. The number of hydrazine groups is 1. The molecule has 0 aliphatic carbocycles. The van der Waals surface area contributed by atoms with E-state index in [0.717, 1.165) is 70.7 Å². The molecular formula is C30H36F2N10O. The maximum atomic E-state index is 15.1. The molecule has 0 bridgehead atoms. The molecule has 2 saturated heterocycles. The summed E-state index contributed by atoms with van der Waals surface area (Å²) in [5.41, 5.74) is 2.26. The van der Waals surface area contributed by atoms with Crippen molar-refractivity contribution in [3.05, 3.63) is 59.7 Å². The largest absolute Gasteiger partial charge is 0.371 e. The molecule has 0 amide bonds. The lowest BCUT2D eigenvalue weighted by Gasteiger charge is -2.44. The predicted molar refractivity (Wildman–Crippen MR) is 158 cm³/mol. The number of hydrogen-bond donors (Lipinski definition) is 1. The van der Waals surface area contributed by atoms with Gasteiger partial charge in [0.25, 0.3) is 0 Å². The Bertz CT molecular complexity index is 1600. The summed E-state index contributed by atoms with van der Waals surface area (Å²) in [4.78, 5) is 22.3. The molecule has 43 heavy (non-hydrogen) atoms. The van der Waals surface area contributed by atoms with E-state index in [2.05, 4.69) is 52.1 Å². The van der Waals surface area contributed by atoms with Gasteiger partial charge in [0.2, 0.25) is 5.95 Å². The fourth-order valence-electron chi connectivity index (χ4n) is 6.18. The first-order chi connectivity index (χ1) is 20.9. The number of ether oxygens (including phenoxy) is 1. The Labute approximate surface area is 249 Å². The molecule has 1 unspecified atom stereocenters. The van der Waals surface area contributed by atoms with Gasteiger partial charge >= 0.3 is 0 Å². The van der Waals surface area contributed by atoms with Crippen LogP contribution in [0.1, 0.15) is 24.4 Å². The van der Waals surface area contributed by atoms with E-state index in [4.69, 9.17) is 4.74 Å². The van der Waals surface area contributed by atoms with Crippen LogP contribution in [0.5, 0.6) is 0 Å². The molecule has 13 heteroatoms. The van der Waals surface area contributed by atoms with Crippen LogP contribution in [0.4, 0.5) is 20.5 Å². The van der Waals surface area contributed by atoms with Crippen molar-refractivity contribution in [1.29, 1.82) is 0 Å². The van der Waals surface area contributed by atoms with Gasteiger partial charge in [-0.25, -0.2) is 38.7 Å². The van der Waals surface area contributed by atoms with Crippen LogP contribution in [0.15, 0.2) is 36.7 Å². The SMILES string of the molecule is CC1COCc2nc3c(F)cc(-c4nc(Nc5ccc(CN6CCN(N7CCN(C)CC7)CC6)cn5)ncc4F)cc3n21. The molecule has 2 fully saturated rings. The molecule has 226 valence electrons. The highest BCUT2D eigenvalue weighted by Crippen LogP contribution is 2.32. The van der Waals surface area contributed by atoms with Crippen LogP contribution in [0, 0.1) is 11.6 Å². The average molecular weight is 591 g/mol. The monoisotopic (exact) mass is 590 g/mol. The number of fused-ring (bicyclic) bond motifs is 3. The number of piperazine rings is 2. The Kier molecular flexibility index (Phi) is 7.74. The van der Waals surface area contributed by atoms with Crippen LogP contribution >= 0.6 is 0 Å². The molecule has 1 aromatic carbocycles. The zero-order chi connectivity index (χ0) is 29.5. The van der Waals surface area contributed by atoms with Gasteiger partial charge in [-0.05, 0) is 37.7 Å². The maximum absolute atomic E-state index is 15.1. The molecule has 11 nitrogen and oxygen atoms in total. The van der Waals surface area contributed by atoms with Crippen LogP contribution in [0.25, 0.3) is 22.3 Å². The zero-order valence-electron chi connectivity index (χ0n) is 24.5. The summed E-state index contributed by atoms with van der Waals surface area (Å²) in [6.45, 7) is 12.2. The minimum atomic E-state index is -0.643. The first-order valence-corrected chi connectivity index (χ1v) is 14.8. The number of halogens is 2. The molecule has 4 aromatic rings. The van der Waals surface area contributed by atoms with Crippen molar-refractivity contribution in [3.63, 3.8) is 0 Å². The molecular weight excluding hydrogens is 554 g/mol. The van der Waals surface area contributed by atoms with Crippen molar-refractivity contribution in [2.45, 2.75) is 26.1 Å². The second kappa shape index (κ2) is 11.8. The minimum absolute atomic E-state index is 0.000832. The molecule has 1 atom stereocenters. The Hall–Kier alpha value is -3.62. The third-order valence-electron chi connectivity index (χ3n) is 8.57. The lowest BCUT2D eigenvalue weighted by Crippen LogP contribution is -2.58. The molecule has 0 saturated carbocycles. The van der Waals surface area contributed by atoms with E-state index >= 15 is 4.39 Å². The summed E-state index contributed by atoms with van der Waals surface area (Å²) < 4.78 is 37.6. The van der Waals surface area contributed by atoms with Crippen molar-refractivity contribution < 1.29 is 13.5 Å². The number of aromatic nitrogens is 5. The van der Waals surface area contributed by atoms with E-state index in [1.54, 1.807) is 6.07 Å². The van der Waals surface area contributed by atoms with Crippen LogP contribution in [0.2, 0.25) is 0 Å². The average Bonchev–Trinajstić information content (AvgIpc) is 3.40. The van der Waals surface area contributed by atoms with E-state index in [-0.39, 0.29) is 23.2 Å². The summed E-state index contributed by atoms with van der Waals surface area (Å²) in [5.74, 6) is 0.190. The zero-order valence-corrected chi connectivity index (χ0v) is 24.5. The Morgan fingerprint density at radius 3 is 2.42 bits per heavy atom. The Balaban J connectivity index is 1.02. The molecule has 3 aromatic heterocycles. The number of anilines is 2. The number of nitrogens with zero attached hydrogens (tertiary/aromatic N) is 9. The second-order valence-electron chi connectivity index (χ2n) is 11.6. The lowest BCUT2D eigenvalue weighted by atomic mass is 10.1. The quantitative estimate of drug-likeness (QED) is 0.361. The summed E-state index contributed by atoms with van der Waals surface area (Å²) in [5, 5.41) is 8.06. The number of nitrogens with one attached hydrogen (secondary N) is 1. The summed E-state index contributed by atoms with van der Waals surface area (Å²) in [7, 11) is 2.18. The van der Waals surface area contributed by atoms with Gasteiger partial charge in [0.05, 0.1) is 24.4 Å². The number of imidazole rings is 1. The van der Waals surface area contributed by atoms with E-state index < -0.39 is 11.6 Å². The molecule has 6 heterocycles. The first-order valence-electron chi connectivity index (χ1n) is 14.8. The minimum Gasteiger partial charge on any atom is -0.371 e. The van der Waals surface area contributed by atoms with Crippen molar-refractivity contribution in [1.82, 2.24) is 44.3 Å². The fourth-order valence-corrected chi connectivity index (χ4v) is 6.18. The summed E-state index contributed by atoms with van der Waals surface area (Å²) >= 11 is 0. The lowest BCUT2D eigenvalue weighted by molar-refractivity contribution is -0.0795. The van der Waals surface area contributed by atoms with Crippen LogP contribution < -0.4 is 5.32 Å². The van der Waals surface area contributed by atoms with E-state index in [1.807, 2.05) is 29.8 Å². The number of likely N-dealkylation sites (N-methyl/N-ethyl adjacent to an activating group) is 1. The summed E-state index contributed by atoms with van der Waals surface area (Å²) in [6.07, 6.45) is 2.93. The van der Waals surface area contributed by atoms with Crippen molar-refractivity contribution in [2.75, 3.05) is 71.3 Å². The fraction of sp³-hybridized carbons (Fsp3) is 0.467. The van der Waals surface area contributed by atoms with Gasteiger partial charge in [0, 0.05) is 70.7 Å². The van der Waals surface area contributed by atoms with Crippen molar-refractivity contribution in [3.8, 4) is 11.3 Å². The van der Waals surface area contributed by atoms with E-state index in [9.17, 15) is 4.39 Å². The van der Waals surface area contributed by atoms with E-state index in [0.29, 0.717) is 35.9 Å². The molecule has 7 rings (SSSR count).